The molecule has 0 radical (unpaired) electrons. The van der Waals surface area contributed by atoms with Crippen molar-refractivity contribution in [3.63, 3.8) is 0 Å². The van der Waals surface area contributed by atoms with Crippen molar-refractivity contribution in [2.45, 2.75) is 39.2 Å². The maximum absolute atomic E-state index is 11.9. The number of benzene rings is 1. The zero-order valence-electron chi connectivity index (χ0n) is 12.6. The van der Waals surface area contributed by atoms with Crippen LogP contribution in [0.25, 0.3) is 0 Å². The maximum Gasteiger partial charge on any atom is 0.307 e. The van der Waals surface area contributed by atoms with Gasteiger partial charge in [0.25, 0.3) is 5.91 Å². The second kappa shape index (κ2) is 9.13. The van der Waals surface area contributed by atoms with Crippen molar-refractivity contribution in [1.82, 2.24) is 5.32 Å². The number of amides is 1. The van der Waals surface area contributed by atoms with Crippen LogP contribution in [0.5, 0.6) is 0 Å². The summed E-state index contributed by atoms with van der Waals surface area (Å²) in [5.74, 6) is -0.563. The van der Waals surface area contributed by atoms with E-state index in [1.165, 1.54) is 0 Å². The normalized spacial score (nSPS) is 11.8. The molecule has 5 heteroatoms. The van der Waals surface area contributed by atoms with Crippen molar-refractivity contribution >= 4 is 11.9 Å². The van der Waals surface area contributed by atoms with E-state index in [4.69, 9.17) is 4.74 Å². The minimum Gasteiger partial charge on any atom is -0.466 e. The van der Waals surface area contributed by atoms with E-state index in [-0.39, 0.29) is 24.8 Å². The molecule has 1 rings (SSSR count). The summed E-state index contributed by atoms with van der Waals surface area (Å²) in [6, 6.07) is 6.85. The maximum atomic E-state index is 11.9. The summed E-state index contributed by atoms with van der Waals surface area (Å²) in [5.41, 5.74) is 1.31. The molecule has 0 unspecified atom stereocenters. The van der Waals surface area contributed by atoms with E-state index >= 15 is 0 Å². The quantitative estimate of drug-likeness (QED) is 0.720. The Balaban J connectivity index is 2.46. The molecule has 116 valence electrons. The number of hydrogen-bond donors (Lipinski definition) is 2. The average Bonchev–Trinajstić information content (AvgIpc) is 2.48. The molecule has 0 bridgehead atoms. The number of esters is 1. The molecule has 0 saturated carbocycles. The van der Waals surface area contributed by atoms with Crippen molar-refractivity contribution in [3.8, 4) is 0 Å². The van der Waals surface area contributed by atoms with Gasteiger partial charge in [-0.15, -0.1) is 0 Å². The first kappa shape index (κ1) is 17.2. The largest absolute Gasteiger partial charge is 0.466 e. The Kier molecular flexibility index (Phi) is 7.46. The Morgan fingerprint density at radius 1 is 1.24 bits per heavy atom. The van der Waals surface area contributed by atoms with Crippen molar-refractivity contribution in [2.75, 3.05) is 13.2 Å². The second-order valence-corrected chi connectivity index (χ2v) is 4.74. The van der Waals surface area contributed by atoms with Crippen LogP contribution >= 0.6 is 0 Å². The lowest BCUT2D eigenvalue weighted by molar-refractivity contribution is -0.142. The van der Waals surface area contributed by atoms with Crippen LogP contribution in [0.4, 0.5) is 0 Å². The molecule has 1 amide bonds. The topological polar surface area (TPSA) is 75.6 Å². The van der Waals surface area contributed by atoms with Gasteiger partial charge in [0.2, 0.25) is 0 Å². The summed E-state index contributed by atoms with van der Waals surface area (Å²) in [6.45, 7) is 4.34. The molecule has 0 aromatic heterocycles. The molecule has 0 heterocycles. The van der Waals surface area contributed by atoms with Gasteiger partial charge in [-0.3, -0.25) is 9.59 Å². The van der Waals surface area contributed by atoms with E-state index in [9.17, 15) is 14.7 Å². The molecule has 0 fully saturated rings. The molecule has 0 aliphatic rings. The summed E-state index contributed by atoms with van der Waals surface area (Å²) in [5, 5.41) is 12.5. The standard InChI is InChI=1S/C16H23NO4/c1-3-5-14(18)12-6-8-13(9-7-12)16(20)17-11-10-15(19)21-4-2/h6-9,14,18H,3-5,10-11H2,1-2H3,(H,17,20)/t14-/m1/s1. The highest BCUT2D eigenvalue weighted by atomic mass is 16.5. The molecule has 2 N–H and O–H groups in total. The van der Waals surface area contributed by atoms with Gasteiger partial charge in [-0.1, -0.05) is 25.5 Å². The summed E-state index contributed by atoms with van der Waals surface area (Å²) < 4.78 is 4.78. The van der Waals surface area contributed by atoms with Gasteiger partial charge in [-0.25, -0.2) is 0 Å². The Bertz CT molecular complexity index is 456. The number of ether oxygens (including phenoxy) is 1. The van der Waals surface area contributed by atoms with Gasteiger partial charge < -0.3 is 15.2 Å². The van der Waals surface area contributed by atoms with Crippen LogP contribution in [0.3, 0.4) is 0 Å². The van der Waals surface area contributed by atoms with E-state index in [0.717, 1.165) is 12.0 Å². The Hall–Kier alpha value is -1.88. The zero-order valence-corrected chi connectivity index (χ0v) is 12.6. The number of hydrogen-bond acceptors (Lipinski definition) is 4. The minimum absolute atomic E-state index is 0.160. The lowest BCUT2D eigenvalue weighted by atomic mass is 10.0. The van der Waals surface area contributed by atoms with Gasteiger partial charge in [-0.2, -0.15) is 0 Å². The van der Waals surface area contributed by atoms with Gasteiger partial charge in [0, 0.05) is 12.1 Å². The molecule has 21 heavy (non-hydrogen) atoms. The summed E-state index contributed by atoms with van der Waals surface area (Å²) in [7, 11) is 0. The van der Waals surface area contributed by atoms with Crippen molar-refractivity contribution < 1.29 is 19.4 Å². The average molecular weight is 293 g/mol. The van der Waals surface area contributed by atoms with E-state index in [1.807, 2.05) is 6.92 Å². The van der Waals surface area contributed by atoms with Crippen LogP contribution in [-0.2, 0) is 9.53 Å². The highest BCUT2D eigenvalue weighted by Gasteiger charge is 2.09. The van der Waals surface area contributed by atoms with Gasteiger partial charge in [0.1, 0.15) is 0 Å². The first-order chi connectivity index (χ1) is 10.1. The first-order valence-electron chi connectivity index (χ1n) is 7.30. The highest BCUT2D eigenvalue weighted by Crippen LogP contribution is 2.18. The number of rotatable bonds is 8. The molecule has 1 aromatic rings. The number of aliphatic hydroxyl groups is 1. The number of carbonyl (C=O) groups excluding carboxylic acids is 2. The van der Waals surface area contributed by atoms with Crippen LogP contribution in [0.1, 0.15) is 55.1 Å². The minimum atomic E-state index is -0.490. The lowest BCUT2D eigenvalue weighted by Gasteiger charge is -2.10. The molecule has 0 aliphatic carbocycles. The molecule has 1 aromatic carbocycles. The predicted molar refractivity (Wildman–Crippen MR) is 79.9 cm³/mol. The fraction of sp³-hybridized carbons (Fsp3) is 0.500. The van der Waals surface area contributed by atoms with Gasteiger partial charge in [0.05, 0.1) is 19.1 Å². The fourth-order valence-corrected chi connectivity index (χ4v) is 1.91. The predicted octanol–water partition coefficient (Wildman–Crippen LogP) is 2.20. The summed E-state index contributed by atoms with van der Waals surface area (Å²) in [4.78, 5) is 23.0. The SMILES string of the molecule is CCC[C@@H](O)c1ccc(C(=O)NCCC(=O)OCC)cc1. The van der Waals surface area contributed by atoms with E-state index < -0.39 is 6.10 Å². The van der Waals surface area contributed by atoms with Crippen molar-refractivity contribution in [3.05, 3.63) is 35.4 Å². The fourth-order valence-electron chi connectivity index (χ4n) is 1.91. The van der Waals surface area contributed by atoms with E-state index in [2.05, 4.69) is 5.32 Å². The smallest absolute Gasteiger partial charge is 0.307 e. The van der Waals surface area contributed by atoms with Crippen molar-refractivity contribution in [2.24, 2.45) is 0 Å². The molecular formula is C16H23NO4. The molecule has 5 nitrogen and oxygen atoms in total. The van der Waals surface area contributed by atoms with Crippen LogP contribution in [-0.4, -0.2) is 30.1 Å². The second-order valence-electron chi connectivity index (χ2n) is 4.74. The number of nitrogens with one attached hydrogen (secondary N) is 1. The first-order valence-corrected chi connectivity index (χ1v) is 7.30. The monoisotopic (exact) mass is 293 g/mol. The van der Waals surface area contributed by atoms with E-state index in [1.54, 1.807) is 31.2 Å². The van der Waals surface area contributed by atoms with Crippen LogP contribution in [0.2, 0.25) is 0 Å². The van der Waals surface area contributed by atoms with Crippen LogP contribution < -0.4 is 5.32 Å². The van der Waals surface area contributed by atoms with Crippen LogP contribution in [0, 0.1) is 0 Å². The lowest BCUT2D eigenvalue weighted by Crippen LogP contribution is -2.26. The zero-order chi connectivity index (χ0) is 15.7. The molecule has 1 atom stereocenters. The van der Waals surface area contributed by atoms with Gasteiger partial charge in [0.15, 0.2) is 0 Å². The van der Waals surface area contributed by atoms with Crippen molar-refractivity contribution in [1.29, 1.82) is 0 Å². The van der Waals surface area contributed by atoms with Gasteiger partial charge in [-0.05, 0) is 31.0 Å². The molecular weight excluding hydrogens is 270 g/mol. The van der Waals surface area contributed by atoms with E-state index in [0.29, 0.717) is 18.6 Å². The third-order valence-electron chi connectivity index (χ3n) is 3.04. The van der Waals surface area contributed by atoms with Crippen LogP contribution in [0.15, 0.2) is 24.3 Å². The molecule has 0 spiro atoms. The molecule has 0 saturated heterocycles. The highest BCUT2D eigenvalue weighted by molar-refractivity contribution is 5.94. The number of carbonyl (C=O) groups is 2. The molecule has 0 aliphatic heterocycles. The van der Waals surface area contributed by atoms with Gasteiger partial charge >= 0.3 is 5.97 Å². The Morgan fingerprint density at radius 3 is 2.48 bits per heavy atom. The summed E-state index contributed by atoms with van der Waals surface area (Å²) >= 11 is 0. The third-order valence-corrected chi connectivity index (χ3v) is 3.04. The Labute approximate surface area is 125 Å². The Morgan fingerprint density at radius 2 is 1.90 bits per heavy atom. The summed E-state index contributed by atoms with van der Waals surface area (Å²) in [6.07, 6.45) is 1.27. The number of aliphatic hydroxyl groups excluding tert-OH is 1. The third kappa shape index (κ3) is 5.95.